The number of aryl methyl sites for hydroxylation is 1. The summed E-state index contributed by atoms with van der Waals surface area (Å²) in [4.78, 5) is 27.1. The molecule has 0 radical (unpaired) electrons. The number of anilines is 1. The number of hydrogen-bond acceptors (Lipinski definition) is 2. The number of amides is 2. The normalized spacial score (nSPS) is 10.6. The minimum Gasteiger partial charge on any atom is -0.361 e. The molecule has 25 heavy (non-hydrogen) atoms. The highest BCUT2D eigenvalue weighted by Crippen LogP contribution is 2.17. The highest BCUT2D eigenvalue weighted by atomic mass is 16.2. The number of H-pyrrole nitrogens is 1. The van der Waals surface area contributed by atoms with Crippen molar-refractivity contribution in [3.8, 4) is 0 Å². The molecule has 2 amide bonds. The maximum atomic E-state index is 11.9. The van der Waals surface area contributed by atoms with Crippen molar-refractivity contribution in [1.29, 1.82) is 0 Å². The zero-order valence-electron chi connectivity index (χ0n) is 14.1. The van der Waals surface area contributed by atoms with Crippen molar-refractivity contribution < 1.29 is 9.59 Å². The van der Waals surface area contributed by atoms with Gasteiger partial charge in [0.15, 0.2) is 0 Å². The molecular formula is C20H21N3O2. The summed E-state index contributed by atoms with van der Waals surface area (Å²) in [5, 5.41) is 6.41. The maximum Gasteiger partial charge on any atom is 0.313 e. The van der Waals surface area contributed by atoms with E-state index in [0.717, 1.165) is 22.9 Å². The minimum atomic E-state index is -0.650. The number of fused-ring (bicyclic) bond motifs is 1. The standard InChI is InChI=1S/C20H21N3O2/c1-2-14-7-9-16(10-8-14)23-20(25)19(24)21-12-11-15-13-22-18-6-4-3-5-17(15)18/h3-10,13,22H,2,11-12H2,1H3,(H,21,24)(H,23,25). The van der Waals surface area contributed by atoms with E-state index in [4.69, 9.17) is 0 Å². The zero-order chi connectivity index (χ0) is 17.6. The lowest BCUT2D eigenvalue weighted by Gasteiger charge is -2.07. The van der Waals surface area contributed by atoms with Crippen molar-refractivity contribution in [2.45, 2.75) is 19.8 Å². The molecule has 1 heterocycles. The summed E-state index contributed by atoms with van der Waals surface area (Å²) in [5.74, 6) is -1.28. The number of benzene rings is 2. The molecule has 0 atom stereocenters. The van der Waals surface area contributed by atoms with Gasteiger partial charge in [0.2, 0.25) is 0 Å². The van der Waals surface area contributed by atoms with Crippen LogP contribution in [-0.2, 0) is 22.4 Å². The molecule has 2 aromatic carbocycles. The van der Waals surface area contributed by atoms with Gasteiger partial charge in [-0.2, -0.15) is 0 Å². The van der Waals surface area contributed by atoms with Crippen molar-refractivity contribution in [2.24, 2.45) is 0 Å². The Morgan fingerprint density at radius 1 is 1.00 bits per heavy atom. The first-order chi connectivity index (χ1) is 12.2. The molecule has 3 N–H and O–H groups in total. The summed E-state index contributed by atoms with van der Waals surface area (Å²) in [6, 6.07) is 15.5. The van der Waals surface area contributed by atoms with Gasteiger partial charge < -0.3 is 15.6 Å². The van der Waals surface area contributed by atoms with Crippen LogP contribution in [0, 0.1) is 0 Å². The van der Waals surface area contributed by atoms with Crippen LogP contribution < -0.4 is 10.6 Å². The van der Waals surface area contributed by atoms with Gasteiger partial charge in [0.05, 0.1) is 0 Å². The van der Waals surface area contributed by atoms with Crippen molar-refractivity contribution in [3.05, 3.63) is 65.9 Å². The van der Waals surface area contributed by atoms with Crippen LogP contribution in [0.3, 0.4) is 0 Å². The Morgan fingerprint density at radius 3 is 2.52 bits per heavy atom. The molecule has 0 saturated heterocycles. The fourth-order valence-corrected chi connectivity index (χ4v) is 2.74. The molecule has 0 aliphatic rings. The molecule has 5 heteroatoms. The molecule has 3 rings (SSSR count). The second-order valence-electron chi connectivity index (χ2n) is 5.87. The third kappa shape index (κ3) is 4.07. The Labute approximate surface area is 146 Å². The predicted molar refractivity (Wildman–Crippen MR) is 99.5 cm³/mol. The van der Waals surface area contributed by atoms with Gasteiger partial charge in [0, 0.05) is 29.3 Å². The Hall–Kier alpha value is -3.08. The minimum absolute atomic E-state index is 0.406. The lowest BCUT2D eigenvalue weighted by Crippen LogP contribution is -2.36. The number of carbonyl (C=O) groups excluding carboxylic acids is 2. The van der Waals surface area contributed by atoms with Crippen molar-refractivity contribution in [1.82, 2.24) is 10.3 Å². The van der Waals surface area contributed by atoms with E-state index in [1.165, 1.54) is 5.56 Å². The smallest absolute Gasteiger partial charge is 0.313 e. The topological polar surface area (TPSA) is 74.0 Å². The van der Waals surface area contributed by atoms with Crippen molar-refractivity contribution in [2.75, 3.05) is 11.9 Å². The summed E-state index contributed by atoms with van der Waals surface area (Å²) in [7, 11) is 0. The number of nitrogens with one attached hydrogen (secondary N) is 3. The SMILES string of the molecule is CCc1ccc(NC(=O)C(=O)NCCc2c[nH]c3ccccc23)cc1. The van der Waals surface area contributed by atoms with Crippen LogP contribution in [0.15, 0.2) is 54.7 Å². The molecule has 0 aliphatic heterocycles. The Kier molecular flexibility index (Phi) is 5.14. The fraction of sp³-hybridized carbons (Fsp3) is 0.200. The molecule has 5 nitrogen and oxygen atoms in total. The fourth-order valence-electron chi connectivity index (χ4n) is 2.74. The van der Waals surface area contributed by atoms with Gasteiger partial charge in [-0.1, -0.05) is 37.3 Å². The first-order valence-corrected chi connectivity index (χ1v) is 8.40. The molecule has 128 valence electrons. The van der Waals surface area contributed by atoms with E-state index in [2.05, 4.69) is 22.5 Å². The Balaban J connectivity index is 1.50. The molecule has 3 aromatic rings. The van der Waals surface area contributed by atoms with E-state index in [9.17, 15) is 9.59 Å². The average Bonchev–Trinajstić information content (AvgIpc) is 3.05. The second-order valence-corrected chi connectivity index (χ2v) is 5.87. The van der Waals surface area contributed by atoms with E-state index >= 15 is 0 Å². The number of carbonyl (C=O) groups is 2. The van der Waals surface area contributed by atoms with Gasteiger partial charge in [0.1, 0.15) is 0 Å². The molecule has 0 unspecified atom stereocenters. The molecule has 1 aromatic heterocycles. The average molecular weight is 335 g/mol. The van der Waals surface area contributed by atoms with Crippen molar-refractivity contribution >= 4 is 28.4 Å². The Morgan fingerprint density at radius 2 is 1.76 bits per heavy atom. The van der Waals surface area contributed by atoms with Gasteiger partial charge in [-0.3, -0.25) is 9.59 Å². The zero-order valence-corrected chi connectivity index (χ0v) is 14.1. The number of hydrogen-bond donors (Lipinski definition) is 3. The number of para-hydroxylation sites is 1. The highest BCUT2D eigenvalue weighted by molar-refractivity contribution is 6.39. The van der Waals surface area contributed by atoms with E-state index in [-0.39, 0.29) is 0 Å². The van der Waals surface area contributed by atoms with Gasteiger partial charge in [-0.15, -0.1) is 0 Å². The first kappa shape index (κ1) is 16.8. The molecule has 0 bridgehead atoms. The van der Waals surface area contributed by atoms with Crippen LogP contribution >= 0.6 is 0 Å². The summed E-state index contributed by atoms with van der Waals surface area (Å²) in [5.41, 5.74) is 3.98. The molecule has 0 fully saturated rings. The van der Waals surface area contributed by atoms with Crippen LogP contribution in [0.1, 0.15) is 18.1 Å². The van der Waals surface area contributed by atoms with E-state index in [0.29, 0.717) is 18.7 Å². The first-order valence-electron chi connectivity index (χ1n) is 8.40. The summed E-state index contributed by atoms with van der Waals surface area (Å²) in [6.45, 7) is 2.47. The van der Waals surface area contributed by atoms with Crippen molar-refractivity contribution in [3.63, 3.8) is 0 Å². The predicted octanol–water partition coefficient (Wildman–Crippen LogP) is 3.03. The van der Waals surface area contributed by atoms with Crippen LogP contribution in [0.5, 0.6) is 0 Å². The number of rotatable bonds is 5. The van der Waals surface area contributed by atoms with Gasteiger partial charge >= 0.3 is 11.8 Å². The van der Waals surface area contributed by atoms with E-state index < -0.39 is 11.8 Å². The molecule has 0 saturated carbocycles. The van der Waals surface area contributed by atoms with Crippen LogP contribution in [0.2, 0.25) is 0 Å². The summed E-state index contributed by atoms with van der Waals surface area (Å²) >= 11 is 0. The summed E-state index contributed by atoms with van der Waals surface area (Å²) in [6.07, 6.45) is 3.53. The Bertz CT molecular complexity index is 881. The maximum absolute atomic E-state index is 11.9. The van der Waals surface area contributed by atoms with Gasteiger partial charge in [-0.25, -0.2) is 0 Å². The monoisotopic (exact) mass is 335 g/mol. The van der Waals surface area contributed by atoms with Crippen LogP contribution in [0.25, 0.3) is 10.9 Å². The quantitative estimate of drug-likeness (QED) is 0.627. The van der Waals surface area contributed by atoms with Crippen LogP contribution in [0.4, 0.5) is 5.69 Å². The number of aromatic amines is 1. The summed E-state index contributed by atoms with van der Waals surface area (Å²) < 4.78 is 0. The van der Waals surface area contributed by atoms with Gasteiger partial charge in [0.25, 0.3) is 0 Å². The third-order valence-electron chi connectivity index (χ3n) is 4.18. The van der Waals surface area contributed by atoms with E-state index in [1.807, 2.05) is 42.6 Å². The largest absolute Gasteiger partial charge is 0.361 e. The van der Waals surface area contributed by atoms with Gasteiger partial charge in [-0.05, 0) is 42.2 Å². The highest BCUT2D eigenvalue weighted by Gasteiger charge is 2.13. The third-order valence-corrected chi connectivity index (χ3v) is 4.18. The molecule has 0 aliphatic carbocycles. The molecular weight excluding hydrogens is 314 g/mol. The lowest BCUT2D eigenvalue weighted by atomic mass is 10.1. The van der Waals surface area contributed by atoms with E-state index in [1.54, 1.807) is 12.1 Å². The molecule has 0 spiro atoms. The lowest BCUT2D eigenvalue weighted by molar-refractivity contribution is -0.136. The number of aromatic nitrogens is 1. The second kappa shape index (κ2) is 7.66. The van der Waals surface area contributed by atoms with Crippen LogP contribution in [-0.4, -0.2) is 23.3 Å².